The average molecular weight is 236 g/mol. The molecule has 2 N–H and O–H groups in total. The highest BCUT2D eigenvalue weighted by atomic mass is 32.1. The highest BCUT2D eigenvalue weighted by molar-refractivity contribution is 7.11. The number of nitrogens with zero attached hydrogens (tertiary/aromatic N) is 2. The third-order valence-electron chi connectivity index (χ3n) is 2.50. The van der Waals surface area contributed by atoms with Crippen LogP contribution >= 0.6 is 11.3 Å². The van der Waals surface area contributed by atoms with Gasteiger partial charge in [-0.25, -0.2) is 4.98 Å². The zero-order valence-corrected chi connectivity index (χ0v) is 10.5. The predicted molar refractivity (Wildman–Crippen MR) is 65.4 cm³/mol. The van der Waals surface area contributed by atoms with Gasteiger partial charge in [-0.15, -0.1) is 11.3 Å². The van der Waals surface area contributed by atoms with Crippen LogP contribution in [0.2, 0.25) is 0 Å². The van der Waals surface area contributed by atoms with Crippen molar-refractivity contribution in [3.8, 4) is 0 Å². The number of aromatic amines is 1. The lowest BCUT2D eigenvalue weighted by atomic mass is 10.2. The second-order valence-corrected chi connectivity index (χ2v) is 5.20. The van der Waals surface area contributed by atoms with Gasteiger partial charge in [-0.3, -0.25) is 5.10 Å². The Bertz CT molecular complexity index is 435. The smallest absolute Gasteiger partial charge is 0.109 e. The minimum Gasteiger partial charge on any atom is -0.300 e. The maximum atomic E-state index is 4.38. The van der Waals surface area contributed by atoms with Gasteiger partial charge in [-0.05, 0) is 26.8 Å². The Kier molecular flexibility index (Phi) is 3.36. The molecule has 2 aromatic heterocycles. The van der Waals surface area contributed by atoms with Crippen molar-refractivity contribution in [2.45, 2.75) is 32.9 Å². The van der Waals surface area contributed by atoms with Crippen molar-refractivity contribution in [3.05, 3.63) is 34.0 Å². The normalized spacial score (nSPS) is 14.9. The molecule has 0 aliphatic carbocycles. The van der Waals surface area contributed by atoms with Crippen molar-refractivity contribution in [2.75, 3.05) is 0 Å². The second kappa shape index (κ2) is 4.76. The Hall–Kier alpha value is -1.20. The lowest BCUT2D eigenvalue weighted by Gasteiger charge is -2.16. The van der Waals surface area contributed by atoms with Gasteiger partial charge < -0.3 is 5.32 Å². The Labute approximate surface area is 99.1 Å². The van der Waals surface area contributed by atoms with E-state index in [4.69, 9.17) is 0 Å². The molecule has 5 heteroatoms. The fourth-order valence-corrected chi connectivity index (χ4v) is 2.40. The van der Waals surface area contributed by atoms with Gasteiger partial charge in [-0.2, -0.15) is 5.10 Å². The zero-order valence-electron chi connectivity index (χ0n) is 9.69. The minimum absolute atomic E-state index is 0.252. The lowest BCUT2D eigenvalue weighted by Crippen LogP contribution is -2.22. The molecule has 2 atom stereocenters. The molecule has 0 aromatic carbocycles. The third-order valence-corrected chi connectivity index (χ3v) is 3.59. The van der Waals surface area contributed by atoms with Crippen LogP contribution in [0.15, 0.2) is 18.5 Å². The first-order valence-corrected chi connectivity index (χ1v) is 6.16. The Morgan fingerprint density at radius 3 is 2.75 bits per heavy atom. The number of hydrogen-bond acceptors (Lipinski definition) is 4. The monoisotopic (exact) mass is 236 g/mol. The zero-order chi connectivity index (χ0) is 11.5. The molecule has 0 amide bonds. The van der Waals surface area contributed by atoms with Crippen molar-refractivity contribution in [2.24, 2.45) is 0 Å². The number of aryl methyl sites for hydroxylation is 1. The van der Waals surface area contributed by atoms with E-state index in [-0.39, 0.29) is 12.1 Å². The number of nitrogens with one attached hydrogen (secondary N) is 2. The van der Waals surface area contributed by atoms with Gasteiger partial charge in [0.15, 0.2) is 0 Å². The Morgan fingerprint density at radius 1 is 1.38 bits per heavy atom. The van der Waals surface area contributed by atoms with E-state index in [0.29, 0.717) is 0 Å². The van der Waals surface area contributed by atoms with E-state index < -0.39 is 0 Å². The lowest BCUT2D eigenvalue weighted by molar-refractivity contribution is 0.484. The molecular formula is C11H16N4S. The fraction of sp³-hybridized carbons (Fsp3) is 0.455. The third kappa shape index (κ3) is 2.48. The van der Waals surface area contributed by atoms with Gasteiger partial charge in [0.1, 0.15) is 5.01 Å². The van der Waals surface area contributed by atoms with Crippen molar-refractivity contribution < 1.29 is 0 Å². The summed E-state index contributed by atoms with van der Waals surface area (Å²) in [6.07, 6.45) is 3.69. The molecule has 0 fully saturated rings. The van der Waals surface area contributed by atoms with Crippen molar-refractivity contribution in [1.82, 2.24) is 20.5 Å². The standard InChI is InChI=1S/C11H16N4S/c1-7-6-12-11(16-7)9(3)14-8(2)10-4-5-13-15-10/h4-6,8-9,14H,1-3H3,(H,13,15). The molecule has 0 aliphatic heterocycles. The quantitative estimate of drug-likeness (QED) is 0.858. The Balaban J connectivity index is 2.00. The minimum atomic E-state index is 0.252. The van der Waals surface area contributed by atoms with Crippen LogP contribution in [0.25, 0.3) is 0 Å². The fourth-order valence-electron chi connectivity index (χ4n) is 1.62. The molecule has 16 heavy (non-hydrogen) atoms. The molecule has 2 rings (SSSR count). The summed E-state index contributed by atoms with van der Waals surface area (Å²) >= 11 is 1.74. The number of aromatic nitrogens is 3. The predicted octanol–water partition coefficient (Wildman–Crippen LogP) is 2.59. The van der Waals surface area contributed by atoms with Gasteiger partial charge in [0.25, 0.3) is 0 Å². The van der Waals surface area contributed by atoms with Crippen LogP contribution in [0.5, 0.6) is 0 Å². The molecule has 0 saturated carbocycles. The van der Waals surface area contributed by atoms with Crippen LogP contribution in [0.3, 0.4) is 0 Å². The number of H-pyrrole nitrogens is 1. The summed E-state index contributed by atoms with van der Waals surface area (Å²) in [7, 11) is 0. The van der Waals surface area contributed by atoms with Crippen molar-refractivity contribution in [1.29, 1.82) is 0 Å². The molecule has 0 bridgehead atoms. The molecule has 0 saturated heterocycles. The number of hydrogen-bond donors (Lipinski definition) is 2. The maximum absolute atomic E-state index is 4.38. The van der Waals surface area contributed by atoms with E-state index in [1.807, 2.05) is 12.3 Å². The van der Waals surface area contributed by atoms with Crippen LogP contribution in [-0.4, -0.2) is 15.2 Å². The number of thiazole rings is 1. The van der Waals surface area contributed by atoms with Crippen LogP contribution in [0, 0.1) is 6.92 Å². The van der Waals surface area contributed by atoms with Gasteiger partial charge >= 0.3 is 0 Å². The second-order valence-electron chi connectivity index (χ2n) is 3.93. The number of rotatable bonds is 4. The van der Waals surface area contributed by atoms with Crippen molar-refractivity contribution in [3.63, 3.8) is 0 Å². The first-order valence-electron chi connectivity index (χ1n) is 5.34. The van der Waals surface area contributed by atoms with Gasteiger partial charge in [0, 0.05) is 23.3 Å². The summed E-state index contributed by atoms with van der Waals surface area (Å²) in [6, 6.07) is 2.50. The summed E-state index contributed by atoms with van der Waals surface area (Å²) in [6.45, 7) is 6.32. The van der Waals surface area contributed by atoms with Crippen LogP contribution in [0.1, 0.15) is 41.5 Å². The van der Waals surface area contributed by atoms with Crippen LogP contribution < -0.4 is 5.32 Å². The van der Waals surface area contributed by atoms with E-state index in [0.717, 1.165) is 10.7 Å². The SMILES string of the molecule is Cc1cnc(C(C)NC(C)c2ccn[nH]2)s1. The van der Waals surface area contributed by atoms with Gasteiger partial charge in [-0.1, -0.05) is 0 Å². The average Bonchev–Trinajstić information content (AvgIpc) is 2.87. The van der Waals surface area contributed by atoms with E-state index in [1.54, 1.807) is 17.5 Å². The van der Waals surface area contributed by atoms with Gasteiger partial charge in [0.2, 0.25) is 0 Å². The molecule has 0 spiro atoms. The molecule has 2 unspecified atom stereocenters. The highest BCUT2D eigenvalue weighted by Gasteiger charge is 2.14. The van der Waals surface area contributed by atoms with E-state index >= 15 is 0 Å². The van der Waals surface area contributed by atoms with E-state index in [2.05, 4.69) is 41.3 Å². The van der Waals surface area contributed by atoms with Gasteiger partial charge in [0.05, 0.1) is 11.7 Å². The summed E-state index contributed by atoms with van der Waals surface area (Å²) in [5, 5.41) is 11.5. The Morgan fingerprint density at radius 2 is 2.19 bits per heavy atom. The van der Waals surface area contributed by atoms with E-state index in [1.165, 1.54) is 4.88 Å². The topological polar surface area (TPSA) is 53.6 Å². The van der Waals surface area contributed by atoms with Crippen LogP contribution in [-0.2, 0) is 0 Å². The summed E-state index contributed by atoms with van der Waals surface area (Å²) < 4.78 is 0. The first kappa shape index (κ1) is 11.3. The highest BCUT2D eigenvalue weighted by Crippen LogP contribution is 2.21. The molecular weight excluding hydrogens is 220 g/mol. The van der Waals surface area contributed by atoms with E-state index in [9.17, 15) is 0 Å². The first-order chi connectivity index (χ1) is 7.66. The summed E-state index contributed by atoms with van der Waals surface area (Å²) in [5.41, 5.74) is 1.10. The molecule has 0 radical (unpaired) electrons. The largest absolute Gasteiger partial charge is 0.300 e. The molecule has 2 aromatic rings. The van der Waals surface area contributed by atoms with Crippen molar-refractivity contribution >= 4 is 11.3 Å². The molecule has 86 valence electrons. The summed E-state index contributed by atoms with van der Waals surface area (Å²) in [4.78, 5) is 5.63. The molecule has 0 aliphatic rings. The molecule has 4 nitrogen and oxygen atoms in total. The summed E-state index contributed by atoms with van der Waals surface area (Å²) in [5.74, 6) is 0. The van der Waals surface area contributed by atoms with Crippen LogP contribution in [0.4, 0.5) is 0 Å². The molecule has 2 heterocycles. The maximum Gasteiger partial charge on any atom is 0.109 e.